The van der Waals surface area contributed by atoms with Gasteiger partial charge >= 0.3 is 0 Å². The number of anilines is 1. The summed E-state index contributed by atoms with van der Waals surface area (Å²) in [6.45, 7) is 3.83. The monoisotopic (exact) mass is 344 g/mol. The maximum atomic E-state index is 12.1. The zero-order valence-electron chi connectivity index (χ0n) is 10.1. The molecule has 0 radical (unpaired) electrons. The van der Waals surface area contributed by atoms with E-state index in [0.29, 0.717) is 5.92 Å². The Balaban J connectivity index is 2.15. The molecule has 0 aromatic heterocycles. The standard InChI is InChI=1S/C13H17IN2O/c1-8-10(14)4-3-5-11(8)16-12(17)13(2,15)9-6-7-9/h3-5,9H,6-7,15H2,1-2H3,(H,16,17). The zero-order valence-corrected chi connectivity index (χ0v) is 12.2. The molecule has 3 nitrogen and oxygen atoms in total. The molecule has 1 amide bonds. The van der Waals surface area contributed by atoms with E-state index < -0.39 is 5.54 Å². The highest BCUT2D eigenvalue weighted by molar-refractivity contribution is 14.1. The third kappa shape index (κ3) is 2.63. The van der Waals surface area contributed by atoms with E-state index in [1.807, 2.05) is 32.0 Å². The predicted molar refractivity (Wildman–Crippen MR) is 77.8 cm³/mol. The first-order chi connectivity index (χ1) is 7.93. The summed E-state index contributed by atoms with van der Waals surface area (Å²) in [7, 11) is 0. The summed E-state index contributed by atoms with van der Waals surface area (Å²) in [4.78, 5) is 12.1. The van der Waals surface area contributed by atoms with Crippen molar-refractivity contribution in [3.8, 4) is 0 Å². The van der Waals surface area contributed by atoms with Gasteiger partial charge in [-0.2, -0.15) is 0 Å². The molecule has 1 aromatic rings. The van der Waals surface area contributed by atoms with Crippen molar-refractivity contribution < 1.29 is 4.79 Å². The molecule has 4 heteroatoms. The Morgan fingerprint density at radius 3 is 2.76 bits per heavy atom. The molecule has 1 saturated carbocycles. The van der Waals surface area contributed by atoms with Gasteiger partial charge in [-0.15, -0.1) is 0 Å². The van der Waals surface area contributed by atoms with E-state index in [1.165, 1.54) is 0 Å². The molecular weight excluding hydrogens is 327 g/mol. The molecule has 1 aliphatic carbocycles. The van der Waals surface area contributed by atoms with Gasteiger partial charge in [-0.05, 0) is 72.9 Å². The van der Waals surface area contributed by atoms with Crippen LogP contribution in [0.1, 0.15) is 25.3 Å². The van der Waals surface area contributed by atoms with Crippen LogP contribution in [0.3, 0.4) is 0 Å². The van der Waals surface area contributed by atoms with Crippen molar-refractivity contribution in [3.63, 3.8) is 0 Å². The molecule has 0 spiro atoms. The van der Waals surface area contributed by atoms with E-state index in [2.05, 4.69) is 27.9 Å². The van der Waals surface area contributed by atoms with Crippen LogP contribution in [-0.2, 0) is 4.79 Å². The van der Waals surface area contributed by atoms with Crippen molar-refractivity contribution in [2.45, 2.75) is 32.2 Å². The molecule has 92 valence electrons. The van der Waals surface area contributed by atoms with E-state index in [1.54, 1.807) is 0 Å². The molecule has 1 aromatic carbocycles. The second-order valence-electron chi connectivity index (χ2n) is 4.92. The summed E-state index contributed by atoms with van der Waals surface area (Å²) in [5.74, 6) is 0.260. The summed E-state index contributed by atoms with van der Waals surface area (Å²) < 4.78 is 1.14. The Morgan fingerprint density at radius 1 is 1.53 bits per heavy atom. The summed E-state index contributed by atoms with van der Waals surface area (Å²) >= 11 is 2.26. The van der Waals surface area contributed by atoms with Gasteiger partial charge in [-0.25, -0.2) is 0 Å². The molecular formula is C13H17IN2O. The maximum Gasteiger partial charge on any atom is 0.244 e. The fourth-order valence-electron chi connectivity index (χ4n) is 1.87. The Bertz CT molecular complexity index is 453. The van der Waals surface area contributed by atoms with Crippen LogP contribution in [0.5, 0.6) is 0 Å². The van der Waals surface area contributed by atoms with Crippen LogP contribution in [0, 0.1) is 16.4 Å². The Hall–Kier alpha value is -0.620. The maximum absolute atomic E-state index is 12.1. The van der Waals surface area contributed by atoms with Crippen molar-refractivity contribution in [1.29, 1.82) is 0 Å². The number of amides is 1. The van der Waals surface area contributed by atoms with Crippen molar-refractivity contribution >= 4 is 34.2 Å². The third-order valence-electron chi connectivity index (χ3n) is 3.43. The topological polar surface area (TPSA) is 55.1 Å². The Kier molecular flexibility index (Phi) is 3.45. The van der Waals surface area contributed by atoms with Gasteiger partial charge in [0.15, 0.2) is 0 Å². The van der Waals surface area contributed by atoms with E-state index in [-0.39, 0.29) is 5.91 Å². The average Bonchev–Trinajstić information content (AvgIpc) is 3.08. The molecule has 1 unspecified atom stereocenters. The van der Waals surface area contributed by atoms with E-state index >= 15 is 0 Å². The minimum Gasteiger partial charge on any atom is -0.324 e. The van der Waals surface area contributed by atoms with Crippen molar-refractivity contribution in [3.05, 3.63) is 27.3 Å². The van der Waals surface area contributed by atoms with Gasteiger partial charge in [-0.3, -0.25) is 4.79 Å². The smallest absolute Gasteiger partial charge is 0.244 e. The highest BCUT2D eigenvalue weighted by Crippen LogP contribution is 2.38. The minimum atomic E-state index is -0.742. The normalized spacial score (nSPS) is 18.6. The Labute approximate surface area is 115 Å². The number of nitrogens with two attached hydrogens (primary N) is 1. The number of carbonyl (C=O) groups is 1. The molecule has 3 N–H and O–H groups in total. The third-order valence-corrected chi connectivity index (χ3v) is 4.60. The quantitative estimate of drug-likeness (QED) is 0.829. The molecule has 1 aliphatic rings. The van der Waals surface area contributed by atoms with Gasteiger partial charge in [0.25, 0.3) is 0 Å². The lowest BCUT2D eigenvalue weighted by atomic mass is 9.96. The summed E-state index contributed by atoms with van der Waals surface area (Å²) in [6, 6.07) is 5.88. The van der Waals surface area contributed by atoms with Gasteiger partial charge in [-0.1, -0.05) is 6.07 Å². The van der Waals surface area contributed by atoms with E-state index in [0.717, 1.165) is 27.7 Å². The van der Waals surface area contributed by atoms with Crippen molar-refractivity contribution in [2.24, 2.45) is 11.7 Å². The predicted octanol–water partition coefficient (Wildman–Crippen LogP) is 2.67. The van der Waals surface area contributed by atoms with Crippen LogP contribution in [0.15, 0.2) is 18.2 Å². The second-order valence-corrected chi connectivity index (χ2v) is 6.09. The SMILES string of the molecule is Cc1c(I)cccc1NC(=O)C(C)(N)C1CC1. The van der Waals surface area contributed by atoms with E-state index in [4.69, 9.17) is 5.73 Å². The van der Waals surface area contributed by atoms with Crippen LogP contribution in [0.25, 0.3) is 0 Å². The number of nitrogens with one attached hydrogen (secondary N) is 1. The van der Waals surface area contributed by atoms with Gasteiger partial charge in [0.2, 0.25) is 5.91 Å². The minimum absolute atomic E-state index is 0.0786. The molecule has 1 fully saturated rings. The van der Waals surface area contributed by atoms with Crippen LogP contribution in [-0.4, -0.2) is 11.4 Å². The van der Waals surface area contributed by atoms with E-state index in [9.17, 15) is 4.79 Å². The molecule has 0 heterocycles. The van der Waals surface area contributed by atoms with Crippen LogP contribution < -0.4 is 11.1 Å². The number of benzene rings is 1. The highest BCUT2D eigenvalue weighted by Gasteiger charge is 2.44. The summed E-state index contributed by atoms with van der Waals surface area (Å²) in [5.41, 5.74) is 7.30. The van der Waals surface area contributed by atoms with Crippen molar-refractivity contribution in [1.82, 2.24) is 0 Å². The summed E-state index contributed by atoms with van der Waals surface area (Å²) in [5, 5.41) is 2.94. The zero-order chi connectivity index (χ0) is 12.6. The lowest BCUT2D eigenvalue weighted by Crippen LogP contribution is -2.50. The first-order valence-electron chi connectivity index (χ1n) is 5.78. The first kappa shape index (κ1) is 12.8. The van der Waals surface area contributed by atoms with Gasteiger partial charge < -0.3 is 11.1 Å². The number of carbonyl (C=O) groups excluding carboxylic acids is 1. The van der Waals surface area contributed by atoms with Crippen LogP contribution >= 0.6 is 22.6 Å². The lowest BCUT2D eigenvalue weighted by molar-refractivity contribution is -0.121. The molecule has 0 bridgehead atoms. The number of rotatable bonds is 3. The largest absolute Gasteiger partial charge is 0.324 e. The highest BCUT2D eigenvalue weighted by atomic mass is 127. The van der Waals surface area contributed by atoms with Crippen LogP contribution in [0.2, 0.25) is 0 Å². The second kappa shape index (κ2) is 4.57. The number of halogens is 1. The van der Waals surface area contributed by atoms with Crippen molar-refractivity contribution in [2.75, 3.05) is 5.32 Å². The molecule has 0 aliphatic heterocycles. The molecule has 17 heavy (non-hydrogen) atoms. The molecule has 0 saturated heterocycles. The van der Waals surface area contributed by atoms with Gasteiger partial charge in [0.1, 0.15) is 0 Å². The average molecular weight is 344 g/mol. The fourth-order valence-corrected chi connectivity index (χ4v) is 2.37. The first-order valence-corrected chi connectivity index (χ1v) is 6.86. The van der Waals surface area contributed by atoms with Gasteiger partial charge in [0, 0.05) is 9.26 Å². The molecule has 2 rings (SSSR count). The fraction of sp³-hybridized carbons (Fsp3) is 0.462. The van der Waals surface area contributed by atoms with Crippen LogP contribution in [0.4, 0.5) is 5.69 Å². The summed E-state index contributed by atoms with van der Waals surface area (Å²) in [6.07, 6.45) is 2.12. The number of hydrogen-bond donors (Lipinski definition) is 2. The molecule has 1 atom stereocenters. The number of hydrogen-bond acceptors (Lipinski definition) is 2. The van der Waals surface area contributed by atoms with Gasteiger partial charge in [0.05, 0.1) is 5.54 Å². The Morgan fingerprint density at radius 2 is 2.18 bits per heavy atom. The lowest BCUT2D eigenvalue weighted by Gasteiger charge is -2.23.